The van der Waals surface area contributed by atoms with E-state index in [0.29, 0.717) is 35.3 Å². The standard InChI is InChI=1S/C34H38N4O6/c1-22(39)24-7-8-26(31(18-24)41-2)21-44-33-6-4-5-28(36-33)23-11-14-37(15-12-23)20-32-35-29-10-9-25(34(40)42-3)17-30(29)38(32)19-27-13-16-43-27/h4-10,17-18,23,27H,11-16,19-21H2,1-3H3/t27-/m0/s1. The van der Waals surface area contributed by atoms with Gasteiger partial charge in [-0.05, 0) is 69.6 Å². The molecule has 230 valence electrons. The zero-order chi connectivity index (χ0) is 30.6. The molecular formula is C34H38N4O6. The number of pyridine rings is 1. The highest BCUT2D eigenvalue weighted by atomic mass is 16.5. The second kappa shape index (κ2) is 13.2. The molecule has 0 saturated carbocycles. The van der Waals surface area contributed by atoms with Gasteiger partial charge in [0.2, 0.25) is 5.88 Å². The van der Waals surface area contributed by atoms with Gasteiger partial charge >= 0.3 is 5.97 Å². The van der Waals surface area contributed by atoms with Crippen molar-refractivity contribution < 1.29 is 28.5 Å². The number of methoxy groups -OCH3 is 2. The second-order valence-corrected chi connectivity index (χ2v) is 11.4. The van der Waals surface area contributed by atoms with Crippen LogP contribution in [0.25, 0.3) is 11.0 Å². The lowest BCUT2D eigenvalue weighted by Gasteiger charge is -2.32. The van der Waals surface area contributed by atoms with Gasteiger partial charge in [0.15, 0.2) is 5.78 Å². The molecule has 0 spiro atoms. The van der Waals surface area contributed by atoms with Gasteiger partial charge in [0.1, 0.15) is 18.2 Å². The predicted octanol–water partition coefficient (Wildman–Crippen LogP) is 5.18. The van der Waals surface area contributed by atoms with Gasteiger partial charge in [-0.25, -0.2) is 14.8 Å². The average molecular weight is 599 g/mol. The van der Waals surface area contributed by atoms with Crippen LogP contribution in [0.1, 0.15) is 69.9 Å². The van der Waals surface area contributed by atoms with Gasteiger partial charge in [0.25, 0.3) is 0 Å². The number of nitrogens with zero attached hydrogens (tertiary/aromatic N) is 4. The minimum atomic E-state index is -0.353. The fourth-order valence-electron chi connectivity index (χ4n) is 5.93. The number of carbonyl (C=O) groups excluding carboxylic acids is 2. The Morgan fingerprint density at radius 3 is 2.48 bits per heavy atom. The van der Waals surface area contributed by atoms with E-state index in [9.17, 15) is 9.59 Å². The van der Waals surface area contributed by atoms with Crippen molar-refractivity contribution >= 4 is 22.8 Å². The Labute approximate surface area is 256 Å². The Morgan fingerprint density at radius 2 is 1.77 bits per heavy atom. The van der Waals surface area contributed by atoms with E-state index in [2.05, 4.69) is 15.5 Å². The third kappa shape index (κ3) is 6.46. The fourth-order valence-corrected chi connectivity index (χ4v) is 5.93. The highest BCUT2D eigenvalue weighted by Gasteiger charge is 2.26. The summed E-state index contributed by atoms with van der Waals surface area (Å²) in [7, 11) is 2.99. The van der Waals surface area contributed by atoms with Crippen molar-refractivity contribution in [3.8, 4) is 11.6 Å². The molecule has 2 aliphatic rings. The summed E-state index contributed by atoms with van der Waals surface area (Å²) in [5.74, 6) is 2.15. The van der Waals surface area contributed by atoms with Crippen LogP contribution >= 0.6 is 0 Å². The maximum absolute atomic E-state index is 12.2. The third-order valence-corrected chi connectivity index (χ3v) is 8.61. The Morgan fingerprint density at radius 1 is 0.977 bits per heavy atom. The van der Waals surface area contributed by atoms with Crippen LogP contribution in [-0.2, 0) is 29.2 Å². The molecule has 0 N–H and O–H groups in total. The van der Waals surface area contributed by atoms with Crippen molar-refractivity contribution in [2.75, 3.05) is 33.9 Å². The van der Waals surface area contributed by atoms with Crippen LogP contribution in [0, 0.1) is 0 Å². The SMILES string of the molecule is COC(=O)c1ccc2nc(CN3CCC(c4cccc(OCc5ccc(C(C)=O)cc5OC)n4)CC3)n(C[C@@H]3CCO3)c2c1. The van der Waals surface area contributed by atoms with E-state index in [1.807, 2.05) is 30.3 Å². The van der Waals surface area contributed by atoms with Gasteiger partial charge < -0.3 is 23.5 Å². The first-order chi connectivity index (χ1) is 21.4. The molecule has 2 aromatic heterocycles. The number of benzene rings is 2. The number of ether oxygens (including phenoxy) is 4. The number of likely N-dealkylation sites (tertiary alicyclic amines) is 1. The molecule has 10 heteroatoms. The Hall–Kier alpha value is -4.28. The van der Waals surface area contributed by atoms with Crippen molar-refractivity contribution in [2.24, 2.45) is 0 Å². The topological polar surface area (TPSA) is 105 Å². The van der Waals surface area contributed by atoms with E-state index in [4.69, 9.17) is 28.9 Å². The summed E-state index contributed by atoms with van der Waals surface area (Å²) in [6.45, 7) is 5.91. The Balaban J connectivity index is 1.10. The number of aromatic nitrogens is 3. The lowest BCUT2D eigenvalue weighted by Crippen LogP contribution is -2.35. The first-order valence-electron chi connectivity index (χ1n) is 15.1. The van der Waals surface area contributed by atoms with Gasteiger partial charge in [-0.1, -0.05) is 18.2 Å². The molecule has 1 atom stereocenters. The number of Topliss-reactive ketones (excluding diaryl/α,β-unsaturated/α-hetero) is 1. The van der Waals surface area contributed by atoms with Gasteiger partial charge in [0, 0.05) is 35.4 Å². The van der Waals surface area contributed by atoms with Crippen molar-refractivity contribution in [1.29, 1.82) is 0 Å². The van der Waals surface area contributed by atoms with Crippen molar-refractivity contribution in [2.45, 2.75) is 57.9 Å². The molecule has 0 bridgehead atoms. The zero-order valence-corrected chi connectivity index (χ0v) is 25.5. The number of fused-ring (bicyclic) bond motifs is 1. The smallest absolute Gasteiger partial charge is 0.337 e. The highest BCUT2D eigenvalue weighted by molar-refractivity contribution is 5.94. The van der Waals surface area contributed by atoms with Crippen molar-refractivity contribution in [3.63, 3.8) is 0 Å². The highest BCUT2D eigenvalue weighted by Crippen LogP contribution is 2.30. The summed E-state index contributed by atoms with van der Waals surface area (Å²) >= 11 is 0. The first-order valence-corrected chi connectivity index (χ1v) is 15.1. The number of piperidine rings is 1. The van der Waals surface area contributed by atoms with Crippen LogP contribution in [0.4, 0.5) is 0 Å². The molecule has 6 rings (SSSR count). The number of hydrogen-bond donors (Lipinski definition) is 0. The maximum atomic E-state index is 12.2. The van der Waals surface area contributed by atoms with E-state index < -0.39 is 0 Å². The maximum Gasteiger partial charge on any atom is 0.337 e. The number of carbonyl (C=O) groups is 2. The molecule has 10 nitrogen and oxygen atoms in total. The largest absolute Gasteiger partial charge is 0.496 e. The molecule has 2 fully saturated rings. The Bertz CT molecular complexity index is 1660. The normalized spacial score (nSPS) is 17.3. The van der Waals surface area contributed by atoms with E-state index in [1.165, 1.54) is 14.0 Å². The molecule has 4 heterocycles. The summed E-state index contributed by atoms with van der Waals surface area (Å²) in [6, 6.07) is 16.9. The van der Waals surface area contributed by atoms with Gasteiger partial charge in [-0.15, -0.1) is 0 Å². The Kier molecular flexibility index (Phi) is 8.90. The second-order valence-electron chi connectivity index (χ2n) is 11.4. The minimum absolute atomic E-state index is 0.00710. The van der Waals surface area contributed by atoms with E-state index in [1.54, 1.807) is 25.3 Å². The van der Waals surface area contributed by atoms with E-state index in [-0.39, 0.29) is 17.9 Å². The fraction of sp³-hybridized carbons (Fsp3) is 0.412. The number of esters is 1. The van der Waals surface area contributed by atoms with Crippen LogP contribution in [0.15, 0.2) is 54.6 Å². The summed E-state index contributed by atoms with van der Waals surface area (Å²) in [5.41, 5.74) is 4.82. The predicted molar refractivity (Wildman–Crippen MR) is 164 cm³/mol. The van der Waals surface area contributed by atoms with Gasteiger partial charge in [-0.3, -0.25) is 9.69 Å². The molecule has 2 aliphatic heterocycles. The minimum Gasteiger partial charge on any atom is -0.496 e. The summed E-state index contributed by atoms with van der Waals surface area (Å²) in [4.78, 5) is 36.2. The third-order valence-electron chi connectivity index (χ3n) is 8.61. The van der Waals surface area contributed by atoms with Crippen LogP contribution in [0.3, 0.4) is 0 Å². The molecule has 0 aliphatic carbocycles. The van der Waals surface area contributed by atoms with E-state index in [0.717, 1.165) is 80.2 Å². The lowest BCUT2D eigenvalue weighted by molar-refractivity contribution is -0.0592. The number of rotatable bonds is 11. The average Bonchev–Trinajstić information content (AvgIpc) is 3.37. The first kappa shape index (κ1) is 29.8. The van der Waals surface area contributed by atoms with Crippen LogP contribution in [0.2, 0.25) is 0 Å². The molecule has 0 unspecified atom stereocenters. The molecule has 0 radical (unpaired) electrons. The zero-order valence-electron chi connectivity index (χ0n) is 25.5. The summed E-state index contributed by atoms with van der Waals surface area (Å²) in [6.07, 6.45) is 3.15. The molecule has 2 aromatic carbocycles. The number of ketones is 1. The van der Waals surface area contributed by atoms with Gasteiger partial charge in [-0.2, -0.15) is 0 Å². The number of hydrogen-bond acceptors (Lipinski definition) is 9. The van der Waals surface area contributed by atoms with Crippen LogP contribution in [-0.4, -0.2) is 71.2 Å². The molecular weight excluding hydrogens is 560 g/mol. The summed E-state index contributed by atoms with van der Waals surface area (Å²) < 4.78 is 24.4. The number of imidazole rings is 1. The van der Waals surface area contributed by atoms with Crippen LogP contribution < -0.4 is 9.47 Å². The molecule has 44 heavy (non-hydrogen) atoms. The van der Waals surface area contributed by atoms with Crippen molar-refractivity contribution in [1.82, 2.24) is 19.4 Å². The quantitative estimate of drug-likeness (QED) is 0.171. The summed E-state index contributed by atoms with van der Waals surface area (Å²) in [5, 5.41) is 0. The van der Waals surface area contributed by atoms with Gasteiger partial charge in [0.05, 0.1) is 50.0 Å². The molecule has 2 saturated heterocycles. The van der Waals surface area contributed by atoms with E-state index >= 15 is 0 Å². The molecule has 0 amide bonds. The monoisotopic (exact) mass is 598 g/mol. The van der Waals surface area contributed by atoms with Crippen LogP contribution in [0.5, 0.6) is 11.6 Å². The molecule has 4 aromatic rings. The van der Waals surface area contributed by atoms with Crippen molar-refractivity contribution in [3.05, 3.63) is 82.8 Å². The lowest BCUT2D eigenvalue weighted by atomic mass is 9.93.